The summed E-state index contributed by atoms with van der Waals surface area (Å²) in [4.78, 5) is 8.64. The summed E-state index contributed by atoms with van der Waals surface area (Å²) in [6, 6.07) is 3.86. The molecule has 1 aliphatic heterocycles. The Morgan fingerprint density at radius 1 is 1.07 bits per heavy atom. The van der Waals surface area contributed by atoms with Gasteiger partial charge in [0.05, 0.1) is 9.92 Å². The number of alkyl halides is 3. The number of rotatable bonds is 3. The van der Waals surface area contributed by atoms with Crippen LogP contribution in [0.1, 0.15) is 5.69 Å². The van der Waals surface area contributed by atoms with Crippen LogP contribution in [0, 0.1) is 5.82 Å². The average Bonchev–Trinajstić information content (AvgIpc) is 2.63. The molecule has 0 saturated carbocycles. The zero-order valence-corrected chi connectivity index (χ0v) is 15.2. The number of piperazine rings is 1. The van der Waals surface area contributed by atoms with E-state index in [1.54, 1.807) is 0 Å². The van der Waals surface area contributed by atoms with Crippen molar-refractivity contribution in [2.75, 3.05) is 31.1 Å². The lowest BCUT2D eigenvalue weighted by Gasteiger charge is -2.34. The van der Waals surface area contributed by atoms with Crippen LogP contribution in [0.2, 0.25) is 5.02 Å². The SMILES string of the molecule is O=S(=O)(c1ccc(F)c(Cl)c1)N1CCN(c2nccc(C(F)(F)F)n2)CC1. The van der Waals surface area contributed by atoms with Gasteiger partial charge in [-0.25, -0.2) is 22.8 Å². The molecule has 0 aliphatic carbocycles. The van der Waals surface area contributed by atoms with Gasteiger partial charge in [-0.2, -0.15) is 17.5 Å². The van der Waals surface area contributed by atoms with E-state index in [4.69, 9.17) is 11.6 Å². The molecule has 2 aromatic rings. The molecular weight excluding hydrogens is 412 g/mol. The molecule has 27 heavy (non-hydrogen) atoms. The van der Waals surface area contributed by atoms with E-state index in [2.05, 4.69) is 9.97 Å². The predicted octanol–water partition coefficient (Wildman–Crippen LogP) is 2.80. The van der Waals surface area contributed by atoms with Gasteiger partial charge in [-0.05, 0) is 24.3 Å². The molecule has 3 rings (SSSR count). The van der Waals surface area contributed by atoms with E-state index in [0.717, 1.165) is 34.8 Å². The van der Waals surface area contributed by atoms with Gasteiger partial charge in [-0.15, -0.1) is 0 Å². The summed E-state index contributed by atoms with van der Waals surface area (Å²) in [6.07, 6.45) is -3.58. The number of benzene rings is 1. The number of halogens is 5. The Labute approximate surface area is 157 Å². The largest absolute Gasteiger partial charge is 0.433 e. The highest BCUT2D eigenvalue weighted by atomic mass is 35.5. The fourth-order valence-electron chi connectivity index (χ4n) is 2.57. The fraction of sp³-hybridized carbons (Fsp3) is 0.333. The molecule has 1 aromatic carbocycles. The zero-order chi connectivity index (χ0) is 19.8. The third-order valence-corrected chi connectivity index (χ3v) is 6.17. The number of anilines is 1. The highest BCUT2D eigenvalue weighted by Gasteiger charge is 2.34. The van der Waals surface area contributed by atoms with Gasteiger partial charge in [0, 0.05) is 32.4 Å². The molecular formula is C15H13ClF4N4O2S. The summed E-state index contributed by atoms with van der Waals surface area (Å²) in [6.45, 7) is 0.235. The van der Waals surface area contributed by atoms with Crippen molar-refractivity contribution >= 4 is 27.6 Å². The lowest BCUT2D eigenvalue weighted by molar-refractivity contribution is -0.141. The Hall–Kier alpha value is -1.98. The van der Waals surface area contributed by atoms with Crippen molar-refractivity contribution in [3.05, 3.63) is 47.0 Å². The van der Waals surface area contributed by atoms with Crippen LogP contribution in [0.25, 0.3) is 0 Å². The molecule has 2 heterocycles. The van der Waals surface area contributed by atoms with Gasteiger partial charge in [-0.3, -0.25) is 0 Å². The molecule has 0 unspecified atom stereocenters. The molecule has 0 radical (unpaired) electrons. The lowest BCUT2D eigenvalue weighted by Crippen LogP contribution is -2.49. The van der Waals surface area contributed by atoms with Crippen LogP contribution >= 0.6 is 11.6 Å². The number of hydrogen-bond acceptors (Lipinski definition) is 5. The van der Waals surface area contributed by atoms with Crippen molar-refractivity contribution in [1.82, 2.24) is 14.3 Å². The summed E-state index contributed by atoms with van der Waals surface area (Å²) >= 11 is 5.64. The third-order valence-electron chi connectivity index (χ3n) is 3.98. The quantitative estimate of drug-likeness (QED) is 0.709. The van der Waals surface area contributed by atoms with E-state index in [-0.39, 0.29) is 42.0 Å². The molecule has 1 fully saturated rings. The van der Waals surface area contributed by atoms with Crippen LogP contribution in [0.4, 0.5) is 23.5 Å². The third kappa shape index (κ3) is 4.14. The first-order valence-electron chi connectivity index (χ1n) is 7.69. The molecule has 146 valence electrons. The monoisotopic (exact) mass is 424 g/mol. The van der Waals surface area contributed by atoms with Crippen molar-refractivity contribution in [2.24, 2.45) is 0 Å². The first-order chi connectivity index (χ1) is 12.6. The van der Waals surface area contributed by atoms with E-state index >= 15 is 0 Å². The second-order valence-electron chi connectivity index (χ2n) is 5.71. The van der Waals surface area contributed by atoms with E-state index in [0.29, 0.717) is 0 Å². The first-order valence-corrected chi connectivity index (χ1v) is 9.51. The van der Waals surface area contributed by atoms with Gasteiger partial charge >= 0.3 is 6.18 Å². The van der Waals surface area contributed by atoms with Crippen molar-refractivity contribution in [3.63, 3.8) is 0 Å². The van der Waals surface area contributed by atoms with Gasteiger partial charge in [0.25, 0.3) is 0 Å². The van der Waals surface area contributed by atoms with Gasteiger partial charge in [0.1, 0.15) is 11.5 Å². The molecule has 1 aromatic heterocycles. The van der Waals surface area contributed by atoms with E-state index in [1.165, 1.54) is 4.90 Å². The van der Waals surface area contributed by atoms with Crippen molar-refractivity contribution in [2.45, 2.75) is 11.1 Å². The highest BCUT2D eigenvalue weighted by molar-refractivity contribution is 7.89. The Bertz CT molecular complexity index is 947. The van der Waals surface area contributed by atoms with Crippen LogP contribution in [0.3, 0.4) is 0 Å². The minimum absolute atomic E-state index is 0.0108. The van der Waals surface area contributed by atoms with Crippen LogP contribution in [0.15, 0.2) is 35.4 Å². The Morgan fingerprint density at radius 2 is 1.74 bits per heavy atom. The van der Waals surface area contributed by atoms with Crippen LogP contribution in [-0.2, 0) is 16.2 Å². The number of hydrogen-bond donors (Lipinski definition) is 0. The molecule has 0 bridgehead atoms. The Morgan fingerprint density at radius 3 is 2.33 bits per heavy atom. The van der Waals surface area contributed by atoms with E-state index in [1.807, 2.05) is 0 Å². The molecule has 0 atom stereocenters. The molecule has 0 N–H and O–H groups in total. The zero-order valence-electron chi connectivity index (χ0n) is 13.6. The smallest absolute Gasteiger partial charge is 0.338 e. The van der Waals surface area contributed by atoms with E-state index < -0.39 is 27.7 Å². The van der Waals surface area contributed by atoms with Gasteiger partial charge < -0.3 is 4.90 Å². The topological polar surface area (TPSA) is 66.4 Å². The number of aromatic nitrogens is 2. The second-order valence-corrected chi connectivity index (χ2v) is 8.05. The minimum Gasteiger partial charge on any atom is -0.338 e. The minimum atomic E-state index is -4.59. The molecule has 1 saturated heterocycles. The Balaban J connectivity index is 1.74. The van der Waals surface area contributed by atoms with Crippen LogP contribution < -0.4 is 4.90 Å². The Kier molecular flexibility index (Phi) is 5.28. The van der Waals surface area contributed by atoms with Crippen molar-refractivity contribution in [1.29, 1.82) is 0 Å². The summed E-state index contributed by atoms with van der Waals surface area (Å²) in [5, 5.41) is -0.313. The number of nitrogens with zero attached hydrogens (tertiary/aromatic N) is 4. The summed E-state index contributed by atoms with van der Waals surface area (Å²) < 4.78 is 78.0. The lowest BCUT2D eigenvalue weighted by atomic mass is 10.3. The second kappa shape index (κ2) is 7.21. The van der Waals surface area contributed by atoms with Gasteiger partial charge in [-0.1, -0.05) is 11.6 Å². The predicted molar refractivity (Wildman–Crippen MR) is 89.4 cm³/mol. The molecule has 1 aliphatic rings. The van der Waals surface area contributed by atoms with Crippen LogP contribution in [0.5, 0.6) is 0 Å². The van der Waals surface area contributed by atoms with Gasteiger partial charge in [0.15, 0.2) is 0 Å². The summed E-state index contributed by atoms with van der Waals surface area (Å²) in [7, 11) is -3.90. The maximum Gasteiger partial charge on any atom is 0.433 e. The molecule has 12 heteroatoms. The maximum absolute atomic E-state index is 13.2. The average molecular weight is 425 g/mol. The standard InChI is InChI=1S/C15H13ClF4N4O2S/c16-11-9-10(1-2-12(11)17)27(25,26)24-7-5-23(6-8-24)14-21-4-3-13(22-14)15(18,19)20/h1-4,9H,5-8H2. The van der Waals surface area contributed by atoms with Crippen LogP contribution in [-0.4, -0.2) is 48.9 Å². The van der Waals surface area contributed by atoms with Crippen molar-refractivity contribution < 1.29 is 26.0 Å². The fourth-order valence-corrected chi connectivity index (χ4v) is 4.27. The molecule has 0 amide bonds. The van der Waals surface area contributed by atoms with Gasteiger partial charge in [0.2, 0.25) is 16.0 Å². The molecule has 6 nitrogen and oxygen atoms in total. The summed E-state index contributed by atoms with van der Waals surface area (Å²) in [5.74, 6) is -0.853. The maximum atomic E-state index is 13.2. The summed E-state index contributed by atoms with van der Waals surface area (Å²) in [5.41, 5.74) is -1.07. The molecule has 0 spiro atoms. The van der Waals surface area contributed by atoms with Crippen molar-refractivity contribution in [3.8, 4) is 0 Å². The normalized spacial score (nSPS) is 16.6. The number of sulfonamides is 1. The highest BCUT2D eigenvalue weighted by Crippen LogP contribution is 2.29. The van der Waals surface area contributed by atoms with E-state index in [9.17, 15) is 26.0 Å². The first kappa shape index (κ1) is 19.8.